The summed E-state index contributed by atoms with van der Waals surface area (Å²) in [5.74, 6) is 0.153. The highest BCUT2D eigenvalue weighted by Crippen LogP contribution is 2.20. The van der Waals surface area contributed by atoms with Crippen molar-refractivity contribution >= 4 is 11.8 Å². The minimum Gasteiger partial charge on any atom is -0.459 e. The number of hydrogen-bond acceptors (Lipinski definition) is 6. The molecular weight excluding hydrogens is 282 g/mol. The highest BCUT2D eigenvalue weighted by Gasteiger charge is 2.29. The van der Waals surface area contributed by atoms with E-state index in [1.54, 1.807) is 32.9 Å². The van der Waals surface area contributed by atoms with Crippen LogP contribution >= 0.6 is 0 Å². The molecule has 0 aliphatic rings. The molecule has 6 heteroatoms. The summed E-state index contributed by atoms with van der Waals surface area (Å²) in [4.78, 5) is 18.2. The molecule has 0 spiro atoms. The van der Waals surface area contributed by atoms with Gasteiger partial charge in [-0.2, -0.15) is 0 Å². The topological polar surface area (TPSA) is 88.7 Å². The molecule has 124 valence electrons. The van der Waals surface area contributed by atoms with Gasteiger partial charge in [-0.25, -0.2) is 4.98 Å². The van der Waals surface area contributed by atoms with E-state index in [2.05, 4.69) is 18.8 Å². The quantitative estimate of drug-likeness (QED) is 0.804. The van der Waals surface area contributed by atoms with Gasteiger partial charge in [0.1, 0.15) is 23.6 Å². The fourth-order valence-electron chi connectivity index (χ4n) is 1.75. The van der Waals surface area contributed by atoms with Crippen LogP contribution in [0.2, 0.25) is 0 Å². The number of aliphatic hydroxyl groups excluding tert-OH is 1. The molecule has 0 saturated carbocycles. The van der Waals surface area contributed by atoms with Crippen molar-refractivity contribution in [2.24, 2.45) is 5.73 Å². The molecule has 3 N–H and O–H groups in total. The maximum absolute atomic E-state index is 11.9. The van der Waals surface area contributed by atoms with Crippen molar-refractivity contribution in [3.05, 3.63) is 23.9 Å². The minimum atomic E-state index is -1.15. The normalized spacial score (nSPS) is 14.6. The molecule has 1 aromatic rings. The lowest BCUT2D eigenvalue weighted by molar-refractivity contribution is -0.159. The molecule has 2 atom stereocenters. The van der Waals surface area contributed by atoms with Crippen LogP contribution in [0.4, 0.5) is 5.82 Å². The zero-order valence-electron chi connectivity index (χ0n) is 14.2. The van der Waals surface area contributed by atoms with Gasteiger partial charge in [0.05, 0.1) is 0 Å². The molecule has 0 radical (unpaired) electrons. The number of pyridine rings is 1. The highest BCUT2D eigenvalue weighted by molar-refractivity contribution is 5.77. The van der Waals surface area contributed by atoms with Gasteiger partial charge in [-0.3, -0.25) is 4.79 Å². The van der Waals surface area contributed by atoms with Gasteiger partial charge in [-0.1, -0.05) is 6.07 Å². The molecule has 0 saturated heterocycles. The minimum absolute atomic E-state index is 0.312. The van der Waals surface area contributed by atoms with E-state index in [4.69, 9.17) is 10.5 Å². The number of aromatic nitrogens is 1. The smallest absolute Gasteiger partial charge is 0.326 e. The maximum atomic E-state index is 11.9. The Balaban J connectivity index is 2.81. The Hall–Kier alpha value is -1.66. The van der Waals surface area contributed by atoms with Gasteiger partial charge in [0.15, 0.2) is 0 Å². The number of carbonyl (C=O) groups excluding carboxylic acids is 1. The number of ether oxygens (including phenoxy) is 1. The number of carbonyl (C=O) groups is 1. The Morgan fingerprint density at radius 3 is 2.36 bits per heavy atom. The molecular formula is C16H27N3O3. The number of aliphatic hydroxyl groups is 1. The molecule has 1 rings (SSSR count). The molecule has 0 aliphatic heterocycles. The fraction of sp³-hybridized carbons (Fsp3) is 0.625. The fourth-order valence-corrected chi connectivity index (χ4v) is 1.75. The molecule has 1 heterocycles. The Morgan fingerprint density at radius 1 is 1.36 bits per heavy atom. The van der Waals surface area contributed by atoms with Crippen molar-refractivity contribution in [2.75, 3.05) is 11.9 Å². The summed E-state index contributed by atoms with van der Waals surface area (Å²) in [6, 6.07) is 2.68. The number of hydrogen-bond donors (Lipinski definition) is 2. The molecule has 0 unspecified atom stereocenters. The SMILES string of the molecule is CC(C)N(C)c1ccc([C@H](O)[C@@H](N)C(=O)OC(C)(C)C)cn1. The predicted octanol–water partition coefficient (Wildman–Crippen LogP) is 1.63. The molecule has 0 aromatic carbocycles. The van der Waals surface area contributed by atoms with Gasteiger partial charge in [-0.15, -0.1) is 0 Å². The van der Waals surface area contributed by atoms with Crippen LogP contribution < -0.4 is 10.6 Å². The number of esters is 1. The van der Waals surface area contributed by atoms with E-state index in [0.29, 0.717) is 11.6 Å². The number of rotatable bonds is 5. The second-order valence-corrected chi connectivity index (χ2v) is 6.66. The van der Waals surface area contributed by atoms with E-state index in [0.717, 1.165) is 5.82 Å². The van der Waals surface area contributed by atoms with Crippen LogP contribution in [0.15, 0.2) is 18.3 Å². The third kappa shape index (κ3) is 4.96. The van der Waals surface area contributed by atoms with Crippen LogP contribution in [-0.2, 0) is 9.53 Å². The monoisotopic (exact) mass is 309 g/mol. The van der Waals surface area contributed by atoms with E-state index < -0.39 is 23.7 Å². The van der Waals surface area contributed by atoms with E-state index in [1.807, 2.05) is 11.9 Å². The Kier molecular flexibility index (Phi) is 5.91. The predicted molar refractivity (Wildman–Crippen MR) is 86.6 cm³/mol. The number of nitrogens with zero attached hydrogens (tertiary/aromatic N) is 2. The van der Waals surface area contributed by atoms with Crippen LogP contribution in [0.25, 0.3) is 0 Å². The van der Waals surface area contributed by atoms with Crippen LogP contribution in [0.3, 0.4) is 0 Å². The zero-order chi connectivity index (χ0) is 17.1. The summed E-state index contributed by atoms with van der Waals surface area (Å²) in [7, 11) is 1.94. The average molecular weight is 309 g/mol. The van der Waals surface area contributed by atoms with Crippen LogP contribution in [0.5, 0.6) is 0 Å². The molecule has 6 nitrogen and oxygen atoms in total. The first kappa shape index (κ1) is 18.4. The average Bonchev–Trinajstić information content (AvgIpc) is 2.43. The molecule has 0 bridgehead atoms. The maximum Gasteiger partial charge on any atom is 0.326 e. The van der Waals surface area contributed by atoms with Gasteiger partial charge in [0.2, 0.25) is 0 Å². The summed E-state index contributed by atoms with van der Waals surface area (Å²) in [5, 5.41) is 10.2. The third-order valence-corrected chi connectivity index (χ3v) is 3.27. The van der Waals surface area contributed by atoms with Gasteiger partial charge >= 0.3 is 5.97 Å². The molecule has 22 heavy (non-hydrogen) atoms. The Labute approximate surface area is 132 Å². The summed E-state index contributed by atoms with van der Waals surface area (Å²) >= 11 is 0. The Bertz CT molecular complexity index is 494. The number of anilines is 1. The molecule has 0 amide bonds. The number of nitrogens with two attached hydrogens (primary N) is 1. The summed E-state index contributed by atoms with van der Waals surface area (Å²) < 4.78 is 5.18. The highest BCUT2D eigenvalue weighted by atomic mass is 16.6. The van der Waals surface area contributed by atoms with E-state index in [9.17, 15) is 9.90 Å². The first-order valence-electron chi connectivity index (χ1n) is 7.38. The van der Waals surface area contributed by atoms with Gasteiger partial charge in [0.25, 0.3) is 0 Å². The van der Waals surface area contributed by atoms with Gasteiger partial charge < -0.3 is 20.5 Å². The van der Waals surface area contributed by atoms with Crippen LogP contribution in [0, 0.1) is 0 Å². The second kappa shape index (κ2) is 7.07. The molecule has 0 fully saturated rings. The van der Waals surface area contributed by atoms with Crippen LogP contribution in [-0.4, -0.2) is 40.8 Å². The summed E-state index contributed by atoms with van der Waals surface area (Å²) in [6.07, 6.45) is 0.379. The van der Waals surface area contributed by atoms with Gasteiger partial charge in [0, 0.05) is 24.8 Å². The van der Waals surface area contributed by atoms with E-state index in [-0.39, 0.29) is 0 Å². The van der Waals surface area contributed by atoms with Crippen molar-refractivity contribution in [2.45, 2.75) is 58.4 Å². The van der Waals surface area contributed by atoms with Crippen molar-refractivity contribution in [1.82, 2.24) is 4.98 Å². The first-order valence-corrected chi connectivity index (χ1v) is 7.38. The summed E-state index contributed by atoms with van der Waals surface area (Å²) in [6.45, 7) is 9.37. The molecule has 1 aromatic heterocycles. The molecule has 0 aliphatic carbocycles. The zero-order valence-corrected chi connectivity index (χ0v) is 14.2. The van der Waals surface area contributed by atoms with Crippen molar-refractivity contribution < 1.29 is 14.6 Å². The van der Waals surface area contributed by atoms with Crippen molar-refractivity contribution in [1.29, 1.82) is 0 Å². The second-order valence-electron chi connectivity index (χ2n) is 6.66. The van der Waals surface area contributed by atoms with Gasteiger partial charge in [-0.05, 0) is 40.7 Å². The lowest BCUT2D eigenvalue weighted by Gasteiger charge is -2.25. The third-order valence-electron chi connectivity index (χ3n) is 3.27. The lowest BCUT2D eigenvalue weighted by Crippen LogP contribution is -2.41. The van der Waals surface area contributed by atoms with E-state index in [1.165, 1.54) is 6.20 Å². The van der Waals surface area contributed by atoms with Crippen molar-refractivity contribution in [3.8, 4) is 0 Å². The lowest BCUT2D eigenvalue weighted by atomic mass is 10.0. The van der Waals surface area contributed by atoms with E-state index >= 15 is 0 Å². The Morgan fingerprint density at radius 2 is 1.95 bits per heavy atom. The largest absolute Gasteiger partial charge is 0.459 e. The standard InChI is InChI=1S/C16H27N3O3/c1-10(2)19(6)12-8-7-11(9-18-12)14(20)13(17)15(21)22-16(3,4)5/h7-10,13-14,20H,17H2,1-6H3/t13-,14+/m1/s1. The first-order chi connectivity index (χ1) is 10.0. The summed E-state index contributed by atoms with van der Waals surface area (Å²) in [5.41, 5.74) is 5.63. The van der Waals surface area contributed by atoms with Crippen LogP contribution in [0.1, 0.15) is 46.3 Å². The van der Waals surface area contributed by atoms with Crippen molar-refractivity contribution in [3.63, 3.8) is 0 Å².